The molecule has 0 spiro atoms. The first kappa shape index (κ1) is 9.60. The minimum absolute atomic E-state index is 0.154. The van der Waals surface area contributed by atoms with Crippen molar-refractivity contribution in [2.45, 2.75) is 0 Å². The quantitative estimate of drug-likeness (QED) is 0.446. The van der Waals surface area contributed by atoms with Gasteiger partial charge in [0.15, 0.2) is 5.78 Å². The predicted octanol–water partition coefficient (Wildman–Crippen LogP) is 4.00. The molecule has 0 N–H and O–H groups in total. The van der Waals surface area contributed by atoms with E-state index in [1.54, 1.807) is 0 Å². The topological polar surface area (TPSA) is 17.1 Å². The summed E-state index contributed by atoms with van der Waals surface area (Å²) in [4.78, 5) is 12.5. The van der Waals surface area contributed by atoms with Crippen LogP contribution in [0.25, 0.3) is 22.3 Å². The average molecular weight is 230 g/mol. The summed E-state index contributed by atoms with van der Waals surface area (Å²) in [6.07, 6.45) is 0. The second kappa shape index (κ2) is 3.30. The van der Waals surface area contributed by atoms with Crippen molar-refractivity contribution in [2.24, 2.45) is 0 Å². The molecular formula is C17H10O. The lowest BCUT2D eigenvalue weighted by molar-refractivity contribution is 0.104. The minimum atomic E-state index is 0.154. The van der Waals surface area contributed by atoms with E-state index in [1.165, 1.54) is 0 Å². The number of hydrogen-bond donors (Lipinski definition) is 0. The van der Waals surface area contributed by atoms with Gasteiger partial charge in [-0.2, -0.15) is 0 Å². The Kier molecular flexibility index (Phi) is 1.76. The van der Waals surface area contributed by atoms with E-state index >= 15 is 0 Å². The van der Waals surface area contributed by atoms with Crippen LogP contribution in [0.3, 0.4) is 0 Å². The van der Waals surface area contributed by atoms with Crippen LogP contribution in [0, 0.1) is 0 Å². The molecule has 0 fully saturated rings. The third-order valence-electron chi connectivity index (χ3n) is 3.60. The summed E-state index contributed by atoms with van der Waals surface area (Å²) in [6, 6.07) is 20.0. The van der Waals surface area contributed by atoms with E-state index in [4.69, 9.17) is 0 Å². The van der Waals surface area contributed by atoms with Crippen LogP contribution in [0.4, 0.5) is 0 Å². The van der Waals surface area contributed by atoms with Gasteiger partial charge >= 0.3 is 0 Å². The van der Waals surface area contributed by atoms with Crippen LogP contribution in [0.1, 0.15) is 15.9 Å². The number of fused-ring (bicyclic) bond motifs is 5. The lowest BCUT2D eigenvalue weighted by Crippen LogP contribution is -1.95. The fourth-order valence-corrected chi connectivity index (χ4v) is 2.80. The Hall–Kier alpha value is -2.41. The Morgan fingerprint density at radius 3 is 2.17 bits per heavy atom. The molecule has 0 radical (unpaired) electrons. The molecule has 1 nitrogen and oxygen atoms in total. The van der Waals surface area contributed by atoms with Gasteiger partial charge in [-0.15, -0.1) is 0 Å². The summed E-state index contributed by atoms with van der Waals surface area (Å²) >= 11 is 0. The molecule has 0 aliphatic heterocycles. The summed E-state index contributed by atoms with van der Waals surface area (Å²) in [5, 5.41) is 0. The fourth-order valence-electron chi connectivity index (χ4n) is 2.80. The number of benzene rings is 1. The van der Waals surface area contributed by atoms with Gasteiger partial charge in [0.2, 0.25) is 0 Å². The van der Waals surface area contributed by atoms with Gasteiger partial charge in [-0.05, 0) is 28.3 Å². The largest absolute Gasteiger partial charge is 0.289 e. The molecule has 0 bridgehead atoms. The number of rotatable bonds is 0. The molecule has 1 aromatic carbocycles. The number of hydrogen-bond acceptors (Lipinski definition) is 1. The Balaban J connectivity index is 2.14. The highest BCUT2D eigenvalue weighted by atomic mass is 16.1. The zero-order valence-corrected chi connectivity index (χ0v) is 9.68. The van der Waals surface area contributed by atoms with Gasteiger partial charge < -0.3 is 0 Å². The third-order valence-corrected chi connectivity index (χ3v) is 3.60. The summed E-state index contributed by atoms with van der Waals surface area (Å²) in [5.74, 6) is 0.154. The molecular weight excluding hydrogens is 220 g/mol. The van der Waals surface area contributed by atoms with E-state index in [0.717, 1.165) is 33.4 Å². The monoisotopic (exact) mass is 230 g/mol. The van der Waals surface area contributed by atoms with Crippen molar-refractivity contribution in [3.63, 3.8) is 0 Å². The van der Waals surface area contributed by atoms with E-state index in [1.807, 2.05) is 48.5 Å². The van der Waals surface area contributed by atoms with Crippen molar-refractivity contribution >= 4 is 5.78 Å². The molecule has 0 heterocycles. The minimum Gasteiger partial charge on any atom is -0.289 e. The zero-order valence-electron chi connectivity index (χ0n) is 9.68. The van der Waals surface area contributed by atoms with Crippen LogP contribution in [0.2, 0.25) is 0 Å². The van der Waals surface area contributed by atoms with Crippen LogP contribution in [0.5, 0.6) is 0 Å². The second-order valence-corrected chi connectivity index (χ2v) is 4.59. The van der Waals surface area contributed by atoms with Gasteiger partial charge in [0.1, 0.15) is 0 Å². The molecule has 1 aromatic rings. The van der Waals surface area contributed by atoms with Crippen LogP contribution in [0.15, 0.2) is 60.7 Å². The lowest BCUT2D eigenvalue weighted by Gasteiger charge is -1.98. The first-order chi connectivity index (χ1) is 8.86. The van der Waals surface area contributed by atoms with E-state index < -0.39 is 0 Å². The molecule has 4 rings (SSSR count). The standard InChI is InChI=1S/C17H10O/c18-17-14-9-5-4-8-13(14)15-10-11-6-2-1-3-7-12(11)16(15)17/h1-10H. The normalized spacial score (nSPS) is 12.6. The highest BCUT2D eigenvalue weighted by molar-refractivity contribution is 6.26. The average Bonchev–Trinajstić information content (AvgIpc) is 2.78. The van der Waals surface area contributed by atoms with E-state index in [0.29, 0.717) is 0 Å². The molecule has 3 aliphatic rings. The Morgan fingerprint density at radius 2 is 1.28 bits per heavy atom. The lowest BCUT2D eigenvalue weighted by atomic mass is 10.0. The van der Waals surface area contributed by atoms with E-state index in [9.17, 15) is 4.79 Å². The van der Waals surface area contributed by atoms with Crippen molar-refractivity contribution in [3.8, 4) is 22.3 Å². The maximum atomic E-state index is 12.5. The van der Waals surface area contributed by atoms with Crippen LogP contribution >= 0.6 is 0 Å². The fraction of sp³-hybridized carbons (Fsp3) is 0. The highest BCUT2D eigenvalue weighted by Crippen LogP contribution is 2.44. The summed E-state index contributed by atoms with van der Waals surface area (Å²) in [5.41, 5.74) is 6.02. The molecule has 0 saturated heterocycles. The molecule has 0 amide bonds. The number of carbonyl (C=O) groups is 1. The maximum Gasteiger partial charge on any atom is 0.194 e. The van der Waals surface area contributed by atoms with Gasteiger partial charge in [-0.25, -0.2) is 0 Å². The van der Waals surface area contributed by atoms with Gasteiger partial charge in [0, 0.05) is 11.1 Å². The van der Waals surface area contributed by atoms with Crippen molar-refractivity contribution in [1.82, 2.24) is 0 Å². The summed E-state index contributed by atoms with van der Waals surface area (Å²) < 4.78 is 0. The zero-order chi connectivity index (χ0) is 12.1. The summed E-state index contributed by atoms with van der Waals surface area (Å²) in [6.45, 7) is 0. The Morgan fingerprint density at radius 1 is 0.611 bits per heavy atom. The molecule has 3 aliphatic carbocycles. The van der Waals surface area contributed by atoms with Gasteiger partial charge in [0.25, 0.3) is 0 Å². The third kappa shape index (κ3) is 1.08. The van der Waals surface area contributed by atoms with E-state index in [-0.39, 0.29) is 5.78 Å². The van der Waals surface area contributed by atoms with Crippen molar-refractivity contribution in [1.29, 1.82) is 0 Å². The SMILES string of the molecule is O=C1c2ccccc2-c2cc3cccccc-3c21. The van der Waals surface area contributed by atoms with Crippen molar-refractivity contribution < 1.29 is 4.79 Å². The molecule has 84 valence electrons. The van der Waals surface area contributed by atoms with Gasteiger partial charge in [0.05, 0.1) is 0 Å². The molecule has 0 unspecified atom stereocenters. The van der Waals surface area contributed by atoms with Crippen LogP contribution in [-0.4, -0.2) is 5.78 Å². The molecule has 18 heavy (non-hydrogen) atoms. The molecule has 0 saturated carbocycles. The van der Waals surface area contributed by atoms with Gasteiger partial charge in [-0.3, -0.25) is 4.79 Å². The highest BCUT2D eigenvalue weighted by Gasteiger charge is 2.31. The smallest absolute Gasteiger partial charge is 0.194 e. The predicted molar refractivity (Wildman–Crippen MR) is 71.9 cm³/mol. The molecule has 0 atom stereocenters. The molecule has 1 heteroatoms. The summed E-state index contributed by atoms with van der Waals surface area (Å²) in [7, 11) is 0. The van der Waals surface area contributed by atoms with Crippen molar-refractivity contribution in [3.05, 3.63) is 71.8 Å². The number of carbonyl (C=O) groups excluding carboxylic acids is 1. The second-order valence-electron chi connectivity index (χ2n) is 4.59. The molecule has 0 aromatic heterocycles. The maximum absolute atomic E-state index is 12.5. The first-order valence-electron chi connectivity index (χ1n) is 6.02. The first-order valence-corrected chi connectivity index (χ1v) is 6.02. The van der Waals surface area contributed by atoms with Crippen molar-refractivity contribution in [2.75, 3.05) is 0 Å². The number of ketones is 1. The van der Waals surface area contributed by atoms with Gasteiger partial charge in [-0.1, -0.05) is 54.6 Å². The Bertz CT molecular complexity index is 755. The Labute approximate surface area is 105 Å². The van der Waals surface area contributed by atoms with Crippen LogP contribution < -0.4 is 0 Å². The van der Waals surface area contributed by atoms with E-state index in [2.05, 4.69) is 12.1 Å². The van der Waals surface area contributed by atoms with Crippen LogP contribution in [-0.2, 0) is 0 Å².